The molecule has 0 spiro atoms. The molecule has 2 aromatic rings. The summed E-state index contributed by atoms with van der Waals surface area (Å²) in [6.07, 6.45) is 3.49. The molecular formula is C22H30O2. The highest BCUT2D eigenvalue weighted by molar-refractivity contribution is 5.60. The van der Waals surface area contributed by atoms with E-state index in [1.54, 1.807) is 14.2 Å². The highest BCUT2D eigenvalue weighted by Crippen LogP contribution is 2.45. The fourth-order valence-corrected chi connectivity index (χ4v) is 3.68. The van der Waals surface area contributed by atoms with Gasteiger partial charge in [0.2, 0.25) is 0 Å². The predicted molar refractivity (Wildman–Crippen MR) is 102 cm³/mol. The Balaban J connectivity index is 2.71. The summed E-state index contributed by atoms with van der Waals surface area (Å²) in [5.41, 5.74) is 6.16. The van der Waals surface area contributed by atoms with Crippen LogP contribution in [0.5, 0.6) is 11.5 Å². The summed E-state index contributed by atoms with van der Waals surface area (Å²) in [5.74, 6) is 2.32. The van der Waals surface area contributed by atoms with Crippen molar-refractivity contribution in [2.75, 3.05) is 14.2 Å². The third-order valence-electron chi connectivity index (χ3n) is 5.04. The van der Waals surface area contributed by atoms with Crippen LogP contribution in [0.1, 0.15) is 59.9 Å². The van der Waals surface area contributed by atoms with E-state index in [0.29, 0.717) is 5.92 Å². The van der Waals surface area contributed by atoms with Gasteiger partial charge in [0.15, 0.2) is 0 Å². The molecule has 0 aliphatic rings. The predicted octanol–water partition coefficient (Wildman–Crippen LogP) is 5.95. The van der Waals surface area contributed by atoms with Gasteiger partial charge in [-0.2, -0.15) is 0 Å². The van der Waals surface area contributed by atoms with Gasteiger partial charge in [0.05, 0.1) is 14.2 Å². The van der Waals surface area contributed by atoms with Gasteiger partial charge in [0.25, 0.3) is 0 Å². The number of rotatable bonds is 7. The Morgan fingerprint density at radius 3 is 1.96 bits per heavy atom. The van der Waals surface area contributed by atoms with Gasteiger partial charge in [-0.15, -0.1) is 0 Å². The van der Waals surface area contributed by atoms with Crippen LogP contribution < -0.4 is 9.47 Å². The van der Waals surface area contributed by atoms with Gasteiger partial charge in [-0.3, -0.25) is 0 Å². The largest absolute Gasteiger partial charge is 0.496 e. The number of hydrogen-bond acceptors (Lipinski definition) is 2. The second-order valence-corrected chi connectivity index (χ2v) is 6.46. The zero-order valence-electron chi connectivity index (χ0n) is 15.9. The van der Waals surface area contributed by atoms with Crippen molar-refractivity contribution in [3.8, 4) is 11.5 Å². The number of benzene rings is 2. The monoisotopic (exact) mass is 326 g/mol. The molecule has 0 fully saturated rings. The molecule has 0 aromatic heterocycles. The van der Waals surface area contributed by atoms with E-state index in [9.17, 15) is 0 Å². The Bertz CT molecular complexity index is 674. The van der Waals surface area contributed by atoms with E-state index in [1.165, 1.54) is 35.1 Å². The van der Waals surface area contributed by atoms with Crippen molar-refractivity contribution in [2.45, 2.75) is 52.9 Å². The maximum Gasteiger partial charge on any atom is 0.126 e. The molecule has 2 rings (SSSR count). The molecule has 0 N–H and O–H groups in total. The molecule has 1 unspecified atom stereocenters. The fourth-order valence-electron chi connectivity index (χ4n) is 3.68. The van der Waals surface area contributed by atoms with Gasteiger partial charge >= 0.3 is 0 Å². The first-order valence-electron chi connectivity index (χ1n) is 8.83. The lowest BCUT2D eigenvalue weighted by molar-refractivity contribution is 0.387. The van der Waals surface area contributed by atoms with E-state index in [-0.39, 0.29) is 0 Å². The van der Waals surface area contributed by atoms with E-state index in [0.717, 1.165) is 23.5 Å². The van der Waals surface area contributed by atoms with Gasteiger partial charge in [-0.25, -0.2) is 0 Å². The van der Waals surface area contributed by atoms with Crippen molar-refractivity contribution in [1.29, 1.82) is 0 Å². The first-order chi connectivity index (χ1) is 11.6. The molecule has 0 radical (unpaired) electrons. The molecule has 0 saturated heterocycles. The molecule has 0 aliphatic heterocycles. The van der Waals surface area contributed by atoms with Crippen molar-refractivity contribution in [3.05, 3.63) is 58.1 Å². The minimum Gasteiger partial charge on any atom is -0.496 e. The van der Waals surface area contributed by atoms with Crippen molar-refractivity contribution < 1.29 is 9.47 Å². The lowest BCUT2D eigenvalue weighted by atomic mass is 9.82. The number of hydrogen-bond donors (Lipinski definition) is 0. The molecule has 2 aromatic carbocycles. The molecule has 0 aliphatic carbocycles. The second kappa shape index (κ2) is 8.23. The van der Waals surface area contributed by atoms with Gasteiger partial charge in [0, 0.05) is 11.5 Å². The zero-order valence-corrected chi connectivity index (χ0v) is 15.9. The normalized spacial score (nSPS) is 12.1. The molecule has 1 atom stereocenters. The quantitative estimate of drug-likeness (QED) is 0.626. The van der Waals surface area contributed by atoms with Crippen LogP contribution in [0.3, 0.4) is 0 Å². The zero-order chi connectivity index (χ0) is 17.7. The maximum absolute atomic E-state index is 5.86. The number of ether oxygens (including phenoxy) is 2. The first-order valence-corrected chi connectivity index (χ1v) is 8.83. The molecule has 2 nitrogen and oxygen atoms in total. The molecule has 2 heteroatoms. The molecule has 130 valence electrons. The minimum absolute atomic E-state index is 0.328. The van der Waals surface area contributed by atoms with Crippen LogP contribution in [0, 0.1) is 20.8 Å². The average molecular weight is 326 g/mol. The number of unbranched alkanes of at least 4 members (excludes halogenated alkanes) is 1. The molecule has 24 heavy (non-hydrogen) atoms. The van der Waals surface area contributed by atoms with Crippen LogP contribution in [0.2, 0.25) is 0 Å². The summed E-state index contributed by atoms with van der Waals surface area (Å²) in [5, 5.41) is 0. The Morgan fingerprint density at radius 1 is 0.833 bits per heavy atom. The third kappa shape index (κ3) is 3.43. The smallest absolute Gasteiger partial charge is 0.126 e. The lowest BCUT2D eigenvalue weighted by Crippen LogP contribution is -2.10. The summed E-state index contributed by atoms with van der Waals surface area (Å²) in [6.45, 7) is 8.64. The minimum atomic E-state index is 0.328. The van der Waals surface area contributed by atoms with Crippen molar-refractivity contribution in [2.24, 2.45) is 0 Å². The van der Waals surface area contributed by atoms with Crippen LogP contribution in [0.25, 0.3) is 0 Å². The Morgan fingerprint density at radius 2 is 1.42 bits per heavy atom. The van der Waals surface area contributed by atoms with Crippen molar-refractivity contribution in [1.82, 2.24) is 0 Å². The molecular weight excluding hydrogens is 296 g/mol. The second-order valence-electron chi connectivity index (χ2n) is 6.46. The maximum atomic E-state index is 5.86. The third-order valence-corrected chi connectivity index (χ3v) is 5.04. The van der Waals surface area contributed by atoms with Gasteiger partial charge in [-0.1, -0.05) is 50.1 Å². The summed E-state index contributed by atoms with van der Waals surface area (Å²) in [6, 6.07) is 10.8. The van der Waals surface area contributed by atoms with E-state index < -0.39 is 0 Å². The molecule has 0 saturated carbocycles. The van der Waals surface area contributed by atoms with Crippen molar-refractivity contribution in [3.63, 3.8) is 0 Å². The summed E-state index contributed by atoms with van der Waals surface area (Å²) < 4.78 is 11.6. The van der Waals surface area contributed by atoms with Crippen LogP contribution in [-0.4, -0.2) is 14.2 Å². The summed E-state index contributed by atoms with van der Waals surface area (Å²) >= 11 is 0. The highest BCUT2D eigenvalue weighted by Gasteiger charge is 2.25. The standard InChI is InChI=1S/C22H30O2/c1-7-8-14-19(18-12-10-9-11-13-18)20-17(4)21(23-5)15(2)16(3)22(20)24-6/h9-13,19H,7-8,14H2,1-6H3. The summed E-state index contributed by atoms with van der Waals surface area (Å²) in [7, 11) is 3.54. The van der Waals surface area contributed by atoms with Gasteiger partial charge < -0.3 is 9.47 Å². The Hall–Kier alpha value is -1.96. The van der Waals surface area contributed by atoms with Crippen LogP contribution in [0.4, 0.5) is 0 Å². The van der Waals surface area contributed by atoms with E-state index in [4.69, 9.17) is 9.47 Å². The van der Waals surface area contributed by atoms with Crippen LogP contribution in [0.15, 0.2) is 30.3 Å². The summed E-state index contributed by atoms with van der Waals surface area (Å²) in [4.78, 5) is 0. The van der Waals surface area contributed by atoms with Crippen LogP contribution in [-0.2, 0) is 0 Å². The van der Waals surface area contributed by atoms with Crippen LogP contribution >= 0.6 is 0 Å². The molecule has 0 heterocycles. The average Bonchev–Trinajstić information content (AvgIpc) is 2.61. The topological polar surface area (TPSA) is 18.5 Å². The van der Waals surface area contributed by atoms with Crippen molar-refractivity contribution >= 4 is 0 Å². The van der Waals surface area contributed by atoms with Gasteiger partial charge in [-0.05, 0) is 49.4 Å². The Labute approximate surface area is 146 Å². The highest BCUT2D eigenvalue weighted by atomic mass is 16.5. The lowest BCUT2D eigenvalue weighted by Gasteiger charge is -2.26. The molecule has 0 bridgehead atoms. The Kier molecular flexibility index (Phi) is 6.30. The van der Waals surface area contributed by atoms with Gasteiger partial charge in [0.1, 0.15) is 11.5 Å². The van der Waals surface area contributed by atoms with E-state index >= 15 is 0 Å². The first kappa shape index (κ1) is 18.4. The van der Waals surface area contributed by atoms with E-state index in [1.807, 2.05) is 0 Å². The number of methoxy groups -OCH3 is 2. The fraction of sp³-hybridized carbons (Fsp3) is 0.455. The van der Waals surface area contributed by atoms with E-state index in [2.05, 4.69) is 58.0 Å². The molecule has 0 amide bonds. The SMILES string of the molecule is CCCCC(c1ccccc1)c1c(C)c(OC)c(C)c(C)c1OC.